The normalized spacial score (nSPS) is 16.4. The van der Waals surface area contributed by atoms with Gasteiger partial charge in [0.05, 0.1) is 18.5 Å². The van der Waals surface area contributed by atoms with Gasteiger partial charge in [-0.15, -0.1) is 0 Å². The Hall–Kier alpha value is -3.33. The molecule has 0 bridgehead atoms. The number of hydrogen-bond acceptors (Lipinski definition) is 8. The zero-order valence-electron chi connectivity index (χ0n) is 13.7. The van der Waals surface area contributed by atoms with Crippen molar-refractivity contribution < 1.29 is 29.4 Å². The SMILES string of the molecule is O=C([O-])c1ccc(CN2C(=O)S[C@@H](Nc3cccc(C(=O)[O-])c3)C2=O)cc1. The number of benzene rings is 2. The van der Waals surface area contributed by atoms with Gasteiger partial charge in [-0.1, -0.05) is 36.4 Å². The number of amides is 2. The first-order valence-electron chi connectivity index (χ1n) is 7.75. The molecule has 27 heavy (non-hydrogen) atoms. The van der Waals surface area contributed by atoms with Crippen molar-refractivity contribution in [3.63, 3.8) is 0 Å². The van der Waals surface area contributed by atoms with Gasteiger partial charge in [0.2, 0.25) is 0 Å². The third-order valence-electron chi connectivity index (χ3n) is 3.86. The fourth-order valence-corrected chi connectivity index (χ4v) is 3.40. The smallest absolute Gasteiger partial charge is 0.291 e. The summed E-state index contributed by atoms with van der Waals surface area (Å²) in [6.45, 7) is -0.00470. The van der Waals surface area contributed by atoms with Crippen molar-refractivity contribution in [3.05, 3.63) is 65.2 Å². The minimum absolute atomic E-state index is 0.000421. The van der Waals surface area contributed by atoms with Crippen LogP contribution < -0.4 is 15.5 Å². The first-order valence-corrected chi connectivity index (χ1v) is 8.63. The quantitative estimate of drug-likeness (QED) is 0.739. The lowest BCUT2D eigenvalue weighted by Gasteiger charge is -2.16. The van der Waals surface area contributed by atoms with E-state index in [-0.39, 0.29) is 17.7 Å². The molecule has 2 amide bonds. The molecule has 0 unspecified atom stereocenters. The molecule has 0 saturated carbocycles. The number of anilines is 1. The zero-order valence-corrected chi connectivity index (χ0v) is 14.5. The monoisotopic (exact) mass is 384 g/mol. The van der Waals surface area contributed by atoms with Crippen LogP contribution in [-0.2, 0) is 11.3 Å². The Morgan fingerprint density at radius 3 is 2.30 bits per heavy atom. The number of thioether (sulfide) groups is 1. The van der Waals surface area contributed by atoms with E-state index < -0.39 is 28.5 Å². The van der Waals surface area contributed by atoms with E-state index in [9.17, 15) is 29.4 Å². The second kappa shape index (κ2) is 7.50. The molecule has 1 aliphatic heterocycles. The van der Waals surface area contributed by atoms with Crippen LogP contribution in [-0.4, -0.2) is 33.4 Å². The van der Waals surface area contributed by atoms with Gasteiger partial charge in [-0.2, -0.15) is 0 Å². The van der Waals surface area contributed by atoms with Gasteiger partial charge in [0.25, 0.3) is 11.1 Å². The third kappa shape index (κ3) is 4.09. The van der Waals surface area contributed by atoms with E-state index >= 15 is 0 Å². The maximum Gasteiger partial charge on any atom is 0.291 e. The van der Waals surface area contributed by atoms with Crippen LogP contribution in [0, 0.1) is 0 Å². The standard InChI is InChI=1S/C18H14N2O6S/c21-15-14(19-13-3-1-2-12(8-13)17(24)25)27-18(26)20(15)9-10-4-6-11(7-5-10)16(22)23/h1-8,14,19H,9H2,(H,22,23)(H,24,25)/p-2/t14-/m1/s1. The van der Waals surface area contributed by atoms with Crippen molar-refractivity contribution in [1.82, 2.24) is 4.90 Å². The lowest BCUT2D eigenvalue weighted by molar-refractivity contribution is -0.256. The molecule has 1 fully saturated rings. The average Bonchev–Trinajstić information content (AvgIpc) is 2.90. The Morgan fingerprint density at radius 2 is 1.67 bits per heavy atom. The molecule has 0 aliphatic carbocycles. The summed E-state index contributed by atoms with van der Waals surface area (Å²) in [6.07, 6.45) is 0. The lowest BCUT2D eigenvalue weighted by atomic mass is 10.1. The molecule has 0 spiro atoms. The van der Waals surface area contributed by atoms with Crippen molar-refractivity contribution >= 4 is 40.5 Å². The molecule has 1 aliphatic rings. The van der Waals surface area contributed by atoms with Crippen molar-refractivity contribution in [2.75, 3.05) is 5.32 Å². The van der Waals surface area contributed by atoms with Gasteiger partial charge < -0.3 is 25.1 Å². The molecule has 9 heteroatoms. The van der Waals surface area contributed by atoms with Crippen LogP contribution in [0.15, 0.2) is 48.5 Å². The Labute approximate surface area is 157 Å². The number of carboxylic acids is 2. The number of imide groups is 1. The fourth-order valence-electron chi connectivity index (χ4n) is 2.50. The minimum atomic E-state index is -1.35. The number of nitrogens with one attached hydrogen (secondary N) is 1. The van der Waals surface area contributed by atoms with Gasteiger partial charge in [-0.05, 0) is 40.6 Å². The lowest BCUT2D eigenvalue weighted by Crippen LogP contribution is -2.34. The van der Waals surface area contributed by atoms with Gasteiger partial charge in [0, 0.05) is 5.69 Å². The fraction of sp³-hybridized carbons (Fsp3) is 0.111. The molecule has 1 N–H and O–H groups in total. The maximum atomic E-state index is 12.5. The summed E-state index contributed by atoms with van der Waals surface area (Å²) in [5, 5.41) is 23.2. The molecule has 1 saturated heterocycles. The highest BCUT2D eigenvalue weighted by Crippen LogP contribution is 2.29. The second-order valence-electron chi connectivity index (χ2n) is 5.69. The molecule has 1 heterocycles. The minimum Gasteiger partial charge on any atom is -0.545 e. The molecule has 0 radical (unpaired) electrons. The first-order chi connectivity index (χ1) is 12.8. The van der Waals surface area contributed by atoms with Crippen LogP contribution in [0.3, 0.4) is 0 Å². The number of carboxylic acid groups (broad SMARTS) is 2. The topological polar surface area (TPSA) is 130 Å². The summed E-state index contributed by atoms with van der Waals surface area (Å²) in [5.41, 5.74) is 0.906. The highest BCUT2D eigenvalue weighted by molar-refractivity contribution is 8.15. The van der Waals surface area contributed by atoms with Gasteiger partial charge in [0.1, 0.15) is 0 Å². The zero-order chi connectivity index (χ0) is 19.6. The highest BCUT2D eigenvalue weighted by atomic mass is 32.2. The second-order valence-corrected chi connectivity index (χ2v) is 6.74. The summed E-state index contributed by atoms with van der Waals surface area (Å²) in [7, 11) is 0. The van der Waals surface area contributed by atoms with E-state index in [2.05, 4.69) is 5.32 Å². The third-order valence-corrected chi connectivity index (χ3v) is 4.83. The largest absolute Gasteiger partial charge is 0.545 e. The maximum absolute atomic E-state index is 12.5. The van der Waals surface area contributed by atoms with Gasteiger partial charge in [-0.25, -0.2) is 0 Å². The van der Waals surface area contributed by atoms with E-state index in [0.29, 0.717) is 11.3 Å². The van der Waals surface area contributed by atoms with Crippen molar-refractivity contribution in [2.45, 2.75) is 11.9 Å². The molecular formula is C18H12N2O6S-2. The van der Waals surface area contributed by atoms with E-state index in [4.69, 9.17) is 0 Å². The molecular weight excluding hydrogens is 372 g/mol. The van der Waals surface area contributed by atoms with Gasteiger partial charge in [-0.3, -0.25) is 14.5 Å². The number of carbonyl (C=O) groups excluding carboxylic acids is 4. The number of carbonyl (C=O) groups is 4. The number of hydrogen-bond donors (Lipinski definition) is 1. The summed E-state index contributed by atoms with van der Waals surface area (Å²) >= 11 is 0.777. The number of nitrogens with zero attached hydrogens (tertiary/aromatic N) is 1. The number of aromatic carboxylic acids is 2. The van der Waals surface area contributed by atoms with Gasteiger partial charge in [0.15, 0.2) is 5.37 Å². The van der Waals surface area contributed by atoms with E-state index in [1.54, 1.807) is 6.07 Å². The number of rotatable bonds is 6. The molecule has 0 aromatic heterocycles. The molecule has 8 nitrogen and oxygen atoms in total. The average molecular weight is 384 g/mol. The Morgan fingerprint density at radius 1 is 1.00 bits per heavy atom. The Bertz CT molecular complexity index is 928. The molecule has 2 aromatic rings. The molecule has 2 aromatic carbocycles. The summed E-state index contributed by atoms with van der Waals surface area (Å²) in [6, 6.07) is 11.4. The van der Waals surface area contributed by atoms with Crippen LogP contribution >= 0.6 is 11.8 Å². The molecule has 1 atom stereocenters. The van der Waals surface area contributed by atoms with Crippen LogP contribution in [0.25, 0.3) is 0 Å². The summed E-state index contributed by atoms with van der Waals surface area (Å²) < 4.78 is 0. The van der Waals surface area contributed by atoms with Crippen LogP contribution in [0.1, 0.15) is 26.3 Å². The Kier molecular flexibility index (Phi) is 5.13. The van der Waals surface area contributed by atoms with E-state index in [1.165, 1.54) is 42.5 Å². The molecule has 3 rings (SSSR count). The van der Waals surface area contributed by atoms with E-state index in [1.807, 2.05) is 0 Å². The Balaban J connectivity index is 1.70. The van der Waals surface area contributed by atoms with Gasteiger partial charge >= 0.3 is 0 Å². The van der Waals surface area contributed by atoms with Crippen LogP contribution in [0.4, 0.5) is 10.5 Å². The summed E-state index contributed by atoms with van der Waals surface area (Å²) in [4.78, 5) is 47.4. The summed E-state index contributed by atoms with van der Waals surface area (Å²) in [5.74, 6) is -3.14. The molecule has 138 valence electrons. The van der Waals surface area contributed by atoms with Crippen molar-refractivity contribution in [3.8, 4) is 0 Å². The van der Waals surface area contributed by atoms with Crippen molar-refractivity contribution in [1.29, 1.82) is 0 Å². The predicted molar refractivity (Wildman–Crippen MR) is 92.5 cm³/mol. The highest BCUT2D eigenvalue weighted by Gasteiger charge is 2.39. The van der Waals surface area contributed by atoms with Crippen LogP contribution in [0.5, 0.6) is 0 Å². The predicted octanol–water partition coefficient (Wildman–Crippen LogP) is 0.0472. The first kappa shape index (κ1) is 18.5. The van der Waals surface area contributed by atoms with Crippen LogP contribution in [0.2, 0.25) is 0 Å². The van der Waals surface area contributed by atoms with E-state index in [0.717, 1.165) is 16.7 Å². The van der Waals surface area contributed by atoms with Crippen molar-refractivity contribution in [2.24, 2.45) is 0 Å².